The maximum atomic E-state index is 4.21. The predicted molar refractivity (Wildman–Crippen MR) is 43.5 cm³/mol. The molecule has 1 aromatic rings. The van der Waals surface area contributed by atoms with E-state index >= 15 is 0 Å². The van der Waals surface area contributed by atoms with Gasteiger partial charge in [-0.25, -0.2) is 4.98 Å². The number of rotatable bonds is 3. The third kappa shape index (κ3) is 1.67. The number of hydrogen-bond donors (Lipinski definition) is 1. The summed E-state index contributed by atoms with van der Waals surface area (Å²) in [7, 11) is 1.86. The summed E-state index contributed by atoms with van der Waals surface area (Å²) < 4.78 is 4.14. The van der Waals surface area contributed by atoms with E-state index in [1.807, 2.05) is 7.05 Å². The number of hydrogen-bond acceptors (Lipinski definition) is 4. The number of nitrogens with one attached hydrogen (secondary N) is 1. The average molecular weight is 157 g/mol. The summed E-state index contributed by atoms with van der Waals surface area (Å²) in [6, 6.07) is 0. The lowest BCUT2D eigenvalue weighted by molar-refractivity contribution is 0.862. The molecule has 0 saturated carbocycles. The second-order valence-electron chi connectivity index (χ2n) is 2.02. The van der Waals surface area contributed by atoms with Crippen molar-refractivity contribution < 1.29 is 0 Å². The SMILES string of the molecule is CCCc1nsc(NC)n1. The van der Waals surface area contributed by atoms with Gasteiger partial charge in [0.15, 0.2) is 0 Å². The van der Waals surface area contributed by atoms with Crippen LogP contribution in [0.3, 0.4) is 0 Å². The molecule has 1 heterocycles. The number of nitrogens with zero attached hydrogens (tertiary/aromatic N) is 2. The van der Waals surface area contributed by atoms with E-state index in [-0.39, 0.29) is 0 Å². The summed E-state index contributed by atoms with van der Waals surface area (Å²) in [5.74, 6) is 0.955. The van der Waals surface area contributed by atoms with Gasteiger partial charge in [0.2, 0.25) is 5.13 Å². The van der Waals surface area contributed by atoms with Gasteiger partial charge in [-0.05, 0) is 6.42 Å². The minimum absolute atomic E-state index is 0.906. The Labute approximate surface area is 64.7 Å². The third-order valence-corrected chi connectivity index (χ3v) is 1.93. The number of aromatic nitrogens is 2. The lowest BCUT2D eigenvalue weighted by Crippen LogP contribution is -1.88. The molecule has 0 spiro atoms. The van der Waals surface area contributed by atoms with Crippen LogP contribution in [0.2, 0.25) is 0 Å². The van der Waals surface area contributed by atoms with Crippen molar-refractivity contribution in [1.29, 1.82) is 0 Å². The highest BCUT2D eigenvalue weighted by atomic mass is 32.1. The fourth-order valence-corrected chi connectivity index (χ4v) is 1.24. The van der Waals surface area contributed by atoms with E-state index in [4.69, 9.17) is 0 Å². The van der Waals surface area contributed by atoms with Crippen LogP contribution >= 0.6 is 11.5 Å². The molecule has 1 N–H and O–H groups in total. The Balaban J connectivity index is 2.59. The maximum Gasteiger partial charge on any atom is 0.202 e. The highest BCUT2D eigenvalue weighted by Gasteiger charge is 1.98. The summed E-state index contributed by atoms with van der Waals surface area (Å²) in [6.45, 7) is 2.13. The fraction of sp³-hybridized carbons (Fsp3) is 0.667. The molecule has 1 aromatic heterocycles. The van der Waals surface area contributed by atoms with E-state index < -0.39 is 0 Å². The summed E-state index contributed by atoms with van der Waals surface area (Å²) in [5, 5.41) is 3.86. The average Bonchev–Trinajstić information content (AvgIpc) is 2.37. The van der Waals surface area contributed by atoms with E-state index in [2.05, 4.69) is 21.6 Å². The Bertz CT molecular complexity index is 197. The summed E-state index contributed by atoms with van der Waals surface area (Å²) >= 11 is 1.42. The zero-order valence-electron chi connectivity index (χ0n) is 6.22. The van der Waals surface area contributed by atoms with Crippen molar-refractivity contribution in [3.8, 4) is 0 Å². The summed E-state index contributed by atoms with van der Waals surface area (Å²) in [5.41, 5.74) is 0. The molecule has 0 radical (unpaired) electrons. The lowest BCUT2D eigenvalue weighted by atomic mass is 10.3. The van der Waals surface area contributed by atoms with Crippen molar-refractivity contribution in [2.75, 3.05) is 12.4 Å². The molecule has 10 heavy (non-hydrogen) atoms. The van der Waals surface area contributed by atoms with Gasteiger partial charge in [0.05, 0.1) is 0 Å². The van der Waals surface area contributed by atoms with Gasteiger partial charge in [0, 0.05) is 25.0 Å². The lowest BCUT2D eigenvalue weighted by Gasteiger charge is -1.86. The minimum Gasteiger partial charge on any atom is -0.363 e. The molecule has 0 amide bonds. The van der Waals surface area contributed by atoms with Gasteiger partial charge in [0.1, 0.15) is 5.82 Å². The third-order valence-electron chi connectivity index (χ3n) is 1.16. The molecule has 0 aromatic carbocycles. The molecule has 0 unspecified atom stereocenters. The fourth-order valence-electron chi connectivity index (χ4n) is 0.681. The van der Waals surface area contributed by atoms with Crippen LogP contribution in [0.5, 0.6) is 0 Å². The second-order valence-corrected chi connectivity index (χ2v) is 2.77. The molecule has 0 aliphatic carbocycles. The van der Waals surface area contributed by atoms with Crippen LogP contribution < -0.4 is 5.32 Å². The van der Waals surface area contributed by atoms with E-state index in [1.54, 1.807) is 0 Å². The Hall–Kier alpha value is -0.640. The van der Waals surface area contributed by atoms with Crippen molar-refractivity contribution >= 4 is 16.7 Å². The first-order valence-electron chi connectivity index (χ1n) is 3.37. The van der Waals surface area contributed by atoms with Crippen molar-refractivity contribution in [2.45, 2.75) is 19.8 Å². The molecule has 0 fully saturated rings. The van der Waals surface area contributed by atoms with Crippen LogP contribution in [-0.2, 0) is 6.42 Å². The highest BCUT2D eigenvalue weighted by molar-refractivity contribution is 7.09. The van der Waals surface area contributed by atoms with Crippen molar-refractivity contribution in [3.05, 3.63) is 5.82 Å². The van der Waals surface area contributed by atoms with Gasteiger partial charge in [-0.3, -0.25) is 0 Å². The molecule has 0 aliphatic rings. The Morgan fingerprint density at radius 1 is 1.60 bits per heavy atom. The van der Waals surface area contributed by atoms with Crippen LogP contribution in [0.25, 0.3) is 0 Å². The van der Waals surface area contributed by atoms with Gasteiger partial charge in [-0.1, -0.05) is 6.92 Å². The molecule has 0 aliphatic heterocycles. The van der Waals surface area contributed by atoms with E-state index in [9.17, 15) is 0 Å². The maximum absolute atomic E-state index is 4.21. The first-order valence-corrected chi connectivity index (χ1v) is 4.14. The molecule has 1 rings (SSSR count). The summed E-state index contributed by atoms with van der Waals surface area (Å²) in [6.07, 6.45) is 2.10. The van der Waals surface area contributed by atoms with Crippen molar-refractivity contribution in [2.24, 2.45) is 0 Å². The van der Waals surface area contributed by atoms with Gasteiger partial charge < -0.3 is 5.32 Å². The summed E-state index contributed by atoms with van der Waals surface area (Å²) in [4.78, 5) is 4.21. The highest BCUT2D eigenvalue weighted by Crippen LogP contribution is 2.10. The molecular weight excluding hydrogens is 146 g/mol. The molecule has 0 atom stereocenters. The zero-order chi connectivity index (χ0) is 7.40. The molecule has 56 valence electrons. The minimum atomic E-state index is 0.906. The number of anilines is 1. The van der Waals surface area contributed by atoms with Crippen molar-refractivity contribution in [1.82, 2.24) is 9.36 Å². The normalized spacial score (nSPS) is 9.80. The second kappa shape index (κ2) is 3.51. The molecule has 0 bridgehead atoms. The van der Waals surface area contributed by atoms with Crippen LogP contribution in [0, 0.1) is 0 Å². The molecule has 4 heteroatoms. The smallest absolute Gasteiger partial charge is 0.202 e. The number of aryl methyl sites for hydroxylation is 1. The van der Waals surface area contributed by atoms with Gasteiger partial charge in [-0.15, -0.1) is 0 Å². The standard InChI is InChI=1S/C6H11N3S/c1-3-4-5-8-6(7-2)10-9-5/h3-4H2,1-2H3,(H,7,8,9). The van der Waals surface area contributed by atoms with E-state index in [0.29, 0.717) is 0 Å². The largest absolute Gasteiger partial charge is 0.363 e. The Kier molecular flexibility index (Phi) is 2.62. The Morgan fingerprint density at radius 3 is 2.90 bits per heavy atom. The molecule has 3 nitrogen and oxygen atoms in total. The quantitative estimate of drug-likeness (QED) is 0.723. The van der Waals surface area contributed by atoms with Crippen LogP contribution in [0.15, 0.2) is 0 Å². The van der Waals surface area contributed by atoms with Gasteiger partial charge >= 0.3 is 0 Å². The van der Waals surface area contributed by atoms with E-state index in [1.165, 1.54) is 11.5 Å². The van der Waals surface area contributed by atoms with Crippen LogP contribution in [-0.4, -0.2) is 16.4 Å². The van der Waals surface area contributed by atoms with Crippen molar-refractivity contribution in [3.63, 3.8) is 0 Å². The zero-order valence-corrected chi connectivity index (χ0v) is 7.03. The van der Waals surface area contributed by atoms with Gasteiger partial charge in [0.25, 0.3) is 0 Å². The molecular formula is C6H11N3S. The Morgan fingerprint density at radius 2 is 2.40 bits per heavy atom. The van der Waals surface area contributed by atoms with E-state index in [0.717, 1.165) is 23.8 Å². The molecule has 0 saturated heterocycles. The monoisotopic (exact) mass is 157 g/mol. The first-order chi connectivity index (χ1) is 4.86. The van der Waals surface area contributed by atoms with Crippen LogP contribution in [0.4, 0.5) is 5.13 Å². The van der Waals surface area contributed by atoms with Crippen LogP contribution in [0.1, 0.15) is 19.2 Å². The van der Waals surface area contributed by atoms with Gasteiger partial charge in [-0.2, -0.15) is 4.37 Å². The topological polar surface area (TPSA) is 37.8 Å². The first kappa shape index (κ1) is 7.47. The predicted octanol–water partition coefficient (Wildman–Crippen LogP) is 1.53.